The summed E-state index contributed by atoms with van der Waals surface area (Å²) >= 11 is 0. The van der Waals surface area contributed by atoms with Crippen molar-refractivity contribution in [2.24, 2.45) is 22.9 Å². The first-order chi connectivity index (χ1) is 34.3. The Balaban J connectivity index is 1.23. The Morgan fingerprint density at radius 1 is 0.871 bits per heavy atom. The molecule has 0 radical (unpaired) electrons. The number of rotatable bonds is 24. The fourth-order valence-corrected chi connectivity index (χ4v) is 10.3. The number of unbranched alkanes of at least 4 members (excludes halogenated alkanes) is 2. The predicted octanol–water partition coefficient (Wildman–Crippen LogP) is 9.21. The summed E-state index contributed by atoms with van der Waals surface area (Å²) in [6.07, 6.45) is 7.11. The molecule has 8 rings (SSSR count). The molecule has 0 spiro atoms. The fraction of sp³-hybridized carbons (Fsp3) is 0.436. The van der Waals surface area contributed by atoms with Crippen LogP contribution in [-0.2, 0) is 38.7 Å². The molecular formula is C55H65N3O12. The number of carbonyl (C=O) groups excluding carboxylic acids is 2. The minimum Gasteiger partial charge on any atom is -0.459 e. The molecule has 1 fully saturated rings. The van der Waals surface area contributed by atoms with Gasteiger partial charge in [0.25, 0.3) is 0 Å². The summed E-state index contributed by atoms with van der Waals surface area (Å²) in [5.41, 5.74) is 4.99. The predicted molar refractivity (Wildman–Crippen MR) is 261 cm³/mol. The van der Waals surface area contributed by atoms with Crippen LogP contribution in [0.2, 0.25) is 0 Å². The Labute approximate surface area is 409 Å². The molecule has 372 valence electrons. The number of fused-ring (bicyclic) bond motifs is 3. The molecule has 2 aliphatic carbocycles. The van der Waals surface area contributed by atoms with Crippen LogP contribution in [0, 0.1) is 17.8 Å². The minimum atomic E-state index is -1.57. The number of nitrogens with zero attached hydrogens (tertiary/aromatic N) is 2. The first kappa shape index (κ1) is 50.0. The van der Waals surface area contributed by atoms with Crippen LogP contribution in [0.4, 0.5) is 9.59 Å². The summed E-state index contributed by atoms with van der Waals surface area (Å²) in [7, 11) is 0. The number of allylic oxidation sites excluding steroid dienone is 1. The van der Waals surface area contributed by atoms with Gasteiger partial charge in [0.1, 0.15) is 30.8 Å². The standard InChI is InChI=1S/C55H65N3O12/c1-3-27-67-55-50(58(35-40-21-23-48-49(30-40)66-37-65-48)54(62)64-29-28-63-36-39-17-9-6-10-18-39)33-46(57-68-4-2)44-31-41(19-11-13-25-59)43(20-12-14-26-60)51(52(44)55)45-32-42(22-24-47(45)70-55)69-53(61)56-34-38-15-7-5-8-16-38/h3,5-10,15-18,21-24,30-32,41,43,50-52,59-60H,1,4,11-14,19-20,25-29,33-37H2,2H3,(H,56,61). The van der Waals surface area contributed by atoms with Gasteiger partial charge in [-0.3, -0.25) is 4.90 Å². The summed E-state index contributed by atoms with van der Waals surface area (Å²) in [6, 6.07) is 29.5. The van der Waals surface area contributed by atoms with Gasteiger partial charge < -0.3 is 53.5 Å². The molecule has 2 heterocycles. The number of hydrogen-bond acceptors (Lipinski definition) is 13. The fourth-order valence-electron chi connectivity index (χ4n) is 10.3. The van der Waals surface area contributed by atoms with E-state index >= 15 is 4.79 Å². The number of ether oxygens (including phenoxy) is 7. The van der Waals surface area contributed by atoms with E-state index in [9.17, 15) is 15.0 Å². The Morgan fingerprint density at radius 2 is 1.61 bits per heavy atom. The SMILES string of the molecule is C=CCOC12Oc3ccc(OC(=O)NCc4ccccc4)cc3C3C(CCCCO)C(CCCCO)C=C(C(=NOCC)CC1N(Cc1ccc4c(c1)OCO4)C(=O)OCCOCc1ccccc1)C32. The van der Waals surface area contributed by atoms with Crippen LogP contribution in [0.25, 0.3) is 0 Å². The van der Waals surface area contributed by atoms with E-state index in [0.717, 1.165) is 53.5 Å². The van der Waals surface area contributed by atoms with Crippen LogP contribution in [0.1, 0.15) is 80.0 Å². The van der Waals surface area contributed by atoms with Gasteiger partial charge in [-0.1, -0.05) is 96.9 Å². The molecule has 6 unspecified atom stereocenters. The summed E-state index contributed by atoms with van der Waals surface area (Å²) in [6.45, 7) is 7.32. The smallest absolute Gasteiger partial charge is 0.412 e. The van der Waals surface area contributed by atoms with E-state index in [-0.39, 0.29) is 77.1 Å². The summed E-state index contributed by atoms with van der Waals surface area (Å²) in [4.78, 5) is 36.0. The molecular weight excluding hydrogens is 895 g/mol. The van der Waals surface area contributed by atoms with Gasteiger partial charge >= 0.3 is 12.2 Å². The number of oxime groups is 1. The Hall–Kier alpha value is -6.39. The van der Waals surface area contributed by atoms with Crippen molar-refractivity contribution in [1.82, 2.24) is 10.2 Å². The molecule has 4 aliphatic rings. The van der Waals surface area contributed by atoms with Crippen molar-refractivity contribution in [1.29, 1.82) is 0 Å². The lowest BCUT2D eigenvalue weighted by atomic mass is 9.55. The van der Waals surface area contributed by atoms with Crippen molar-refractivity contribution in [3.8, 4) is 23.0 Å². The maximum Gasteiger partial charge on any atom is 0.412 e. The average Bonchev–Trinajstić information content (AvgIpc) is 3.86. The molecule has 1 saturated carbocycles. The second kappa shape index (κ2) is 24.4. The number of aliphatic hydroxyl groups excluding tert-OH is 2. The quantitative estimate of drug-likeness (QED) is 0.0345. The molecule has 4 aromatic carbocycles. The van der Waals surface area contributed by atoms with Gasteiger partial charge in [0, 0.05) is 44.2 Å². The molecule has 15 heteroatoms. The van der Waals surface area contributed by atoms with Crippen LogP contribution < -0.4 is 24.3 Å². The zero-order chi connectivity index (χ0) is 48.7. The van der Waals surface area contributed by atoms with Crippen molar-refractivity contribution in [2.45, 2.75) is 89.3 Å². The minimum absolute atomic E-state index is 0.00254. The van der Waals surface area contributed by atoms with Gasteiger partial charge in [0.05, 0.1) is 31.5 Å². The van der Waals surface area contributed by atoms with Gasteiger partial charge in [-0.15, -0.1) is 6.58 Å². The third kappa shape index (κ3) is 11.8. The number of benzene rings is 4. The molecule has 6 atom stereocenters. The number of hydrogen-bond donors (Lipinski definition) is 3. The van der Waals surface area contributed by atoms with E-state index in [0.29, 0.717) is 54.8 Å². The number of nitrogens with one attached hydrogen (secondary N) is 1. The molecule has 70 heavy (non-hydrogen) atoms. The van der Waals surface area contributed by atoms with E-state index in [2.05, 4.69) is 18.0 Å². The topological polar surface area (TPSA) is 176 Å². The van der Waals surface area contributed by atoms with Crippen molar-refractivity contribution in [2.75, 3.05) is 46.4 Å². The summed E-state index contributed by atoms with van der Waals surface area (Å²) in [5.74, 6) is -0.587. The first-order valence-corrected chi connectivity index (χ1v) is 24.5. The van der Waals surface area contributed by atoms with Gasteiger partial charge in [0.15, 0.2) is 11.5 Å². The van der Waals surface area contributed by atoms with Crippen molar-refractivity contribution >= 4 is 17.9 Å². The lowest BCUT2D eigenvalue weighted by Crippen LogP contribution is -2.70. The molecule has 4 aromatic rings. The molecule has 0 aromatic heterocycles. The van der Waals surface area contributed by atoms with Crippen molar-refractivity contribution < 1.29 is 57.8 Å². The highest BCUT2D eigenvalue weighted by atomic mass is 16.7. The van der Waals surface area contributed by atoms with Crippen LogP contribution in [-0.4, -0.2) is 91.3 Å². The van der Waals surface area contributed by atoms with Gasteiger partial charge in [-0.25, -0.2) is 9.59 Å². The Morgan fingerprint density at radius 3 is 2.37 bits per heavy atom. The second-order valence-corrected chi connectivity index (χ2v) is 17.9. The maximum atomic E-state index is 15.0. The summed E-state index contributed by atoms with van der Waals surface area (Å²) in [5, 5.41) is 27.7. The zero-order valence-electron chi connectivity index (χ0n) is 39.9. The number of aliphatic hydroxyl groups is 2. The van der Waals surface area contributed by atoms with E-state index in [1.807, 2.05) is 91.9 Å². The lowest BCUT2D eigenvalue weighted by molar-refractivity contribution is -0.256. The van der Waals surface area contributed by atoms with E-state index in [4.69, 9.17) is 43.2 Å². The monoisotopic (exact) mass is 959 g/mol. The average molecular weight is 960 g/mol. The molecule has 15 nitrogen and oxygen atoms in total. The molecule has 0 saturated heterocycles. The van der Waals surface area contributed by atoms with Crippen LogP contribution in [0.15, 0.2) is 127 Å². The van der Waals surface area contributed by atoms with Crippen molar-refractivity contribution in [3.63, 3.8) is 0 Å². The Bertz CT molecular complexity index is 2430. The molecule has 2 amide bonds. The van der Waals surface area contributed by atoms with E-state index in [1.54, 1.807) is 23.1 Å². The molecule has 0 bridgehead atoms. The highest BCUT2D eigenvalue weighted by Crippen LogP contribution is 2.62. The maximum absolute atomic E-state index is 15.0. The van der Waals surface area contributed by atoms with E-state index < -0.39 is 29.9 Å². The third-order valence-corrected chi connectivity index (χ3v) is 13.4. The Kier molecular flexibility index (Phi) is 17.5. The third-order valence-electron chi connectivity index (χ3n) is 13.4. The molecule has 3 N–H and O–H groups in total. The lowest BCUT2D eigenvalue weighted by Gasteiger charge is -2.59. The summed E-state index contributed by atoms with van der Waals surface area (Å²) < 4.78 is 44.0. The number of carbonyl (C=O) groups is 2. The van der Waals surface area contributed by atoms with Gasteiger partial charge in [0.2, 0.25) is 12.6 Å². The highest BCUT2D eigenvalue weighted by Gasteiger charge is 2.65. The van der Waals surface area contributed by atoms with E-state index in [1.165, 1.54) is 0 Å². The molecule has 2 aliphatic heterocycles. The van der Waals surface area contributed by atoms with Gasteiger partial charge in [-0.2, -0.15) is 0 Å². The largest absolute Gasteiger partial charge is 0.459 e. The normalized spacial score (nSPS) is 22.2. The van der Waals surface area contributed by atoms with Crippen LogP contribution in [0.5, 0.6) is 23.0 Å². The zero-order valence-corrected chi connectivity index (χ0v) is 39.9. The number of amides is 2. The van der Waals surface area contributed by atoms with Crippen molar-refractivity contribution in [3.05, 3.63) is 144 Å². The van der Waals surface area contributed by atoms with Gasteiger partial charge in [-0.05, 0) is 97.0 Å². The first-order valence-electron chi connectivity index (χ1n) is 24.5. The van der Waals surface area contributed by atoms with Crippen LogP contribution >= 0.6 is 0 Å². The second-order valence-electron chi connectivity index (χ2n) is 17.9. The highest BCUT2D eigenvalue weighted by molar-refractivity contribution is 6.03. The van der Waals surface area contributed by atoms with Crippen LogP contribution in [0.3, 0.4) is 0 Å².